The van der Waals surface area contributed by atoms with Gasteiger partial charge in [-0.05, 0) is 36.1 Å². The third-order valence-electron chi connectivity index (χ3n) is 3.60. The van der Waals surface area contributed by atoms with Crippen molar-refractivity contribution in [3.05, 3.63) is 59.9 Å². The van der Waals surface area contributed by atoms with E-state index in [9.17, 15) is 0 Å². The Morgan fingerprint density at radius 2 is 2.06 bits per heavy atom. The van der Waals surface area contributed by atoms with E-state index in [0.29, 0.717) is 6.04 Å². The van der Waals surface area contributed by atoms with E-state index >= 15 is 0 Å². The largest absolute Gasteiger partial charge is 0.367 e. The molecule has 0 saturated carbocycles. The summed E-state index contributed by atoms with van der Waals surface area (Å²) in [5.74, 6) is 0. The van der Waals surface area contributed by atoms with Gasteiger partial charge in [-0.25, -0.2) is 0 Å². The molecule has 2 heterocycles. The van der Waals surface area contributed by atoms with Crippen LogP contribution in [0, 0.1) is 0 Å². The predicted octanol–water partition coefficient (Wildman–Crippen LogP) is 3.21. The highest BCUT2D eigenvalue weighted by molar-refractivity contribution is 5.56. The zero-order valence-electron chi connectivity index (χ0n) is 10.0. The molecule has 0 unspecified atom stereocenters. The third kappa shape index (κ3) is 1.80. The Labute approximate surface area is 102 Å². The Morgan fingerprint density at radius 3 is 2.88 bits per heavy atom. The summed E-state index contributed by atoms with van der Waals surface area (Å²) in [4.78, 5) is 6.59. The highest BCUT2D eigenvalue weighted by Gasteiger charge is 2.24. The number of hydrogen-bond donors (Lipinski definition) is 0. The molecule has 2 heteroatoms. The first kappa shape index (κ1) is 10.3. The topological polar surface area (TPSA) is 16.1 Å². The van der Waals surface area contributed by atoms with E-state index in [4.69, 9.17) is 0 Å². The number of aromatic nitrogens is 1. The van der Waals surface area contributed by atoms with Crippen molar-refractivity contribution in [1.82, 2.24) is 4.98 Å². The van der Waals surface area contributed by atoms with E-state index in [1.807, 2.05) is 18.5 Å². The molecule has 2 nitrogen and oxygen atoms in total. The van der Waals surface area contributed by atoms with Gasteiger partial charge < -0.3 is 4.90 Å². The summed E-state index contributed by atoms with van der Waals surface area (Å²) in [6.07, 6.45) is 6.13. The van der Waals surface area contributed by atoms with Crippen LogP contribution in [0.25, 0.3) is 0 Å². The number of fused-ring (bicyclic) bond motifs is 1. The normalized spacial score (nSPS) is 18.9. The molecule has 86 valence electrons. The highest BCUT2D eigenvalue weighted by atomic mass is 15.1. The molecule has 1 aromatic heterocycles. The van der Waals surface area contributed by atoms with Crippen molar-refractivity contribution in [2.24, 2.45) is 0 Å². The van der Waals surface area contributed by atoms with Crippen molar-refractivity contribution in [3.63, 3.8) is 0 Å². The maximum absolute atomic E-state index is 4.22. The van der Waals surface area contributed by atoms with Crippen LogP contribution in [0.1, 0.15) is 23.6 Å². The Kier molecular flexibility index (Phi) is 2.56. The zero-order valence-corrected chi connectivity index (χ0v) is 10.0. The summed E-state index contributed by atoms with van der Waals surface area (Å²) in [6, 6.07) is 13.3. The van der Waals surface area contributed by atoms with Crippen LogP contribution in [0.15, 0.2) is 48.8 Å². The van der Waals surface area contributed by atoms with Crippen LogP contribution in [0.3, 0.4) is 0 Å². The molecule has 0 spiro atoms. The van der Waals surface area contributed by atoms with Gasteiger partial charge in [-0.2, -0.15) is 0 Å². The molecule has 1 aliphatic heterocycles. The standard InChI is InChI=1S/C15H16N2/c1-17-14-7-3-2-5-12(14)8-9-15(17)13-6-4-10-16-11-13/h2-7,10-11,15H,8-9H2,1H3/t15-/m0/s1. The molecule has 17 heavy (non-hydrogen) atoms. The van der Waals surface area contributed by atoms with Gasteiger partial charge in [0.05, 0.1) is 6.04 Å². The average molecular weight is 224 g/mol. The number of rotatable bonds is 1. The molecule has 2 aromatic rings. The lowest BCUT2D eigenvalue weighted by Crippen LogP contribution is -2.29. The molecule has 0 radical (unpaired) electrons. The fourth-order valence-electron chi connectivity index (χ4n) is 2.68. The molecule has 0 aliphatic carbocycles. The summed E-state index contributed by atoms with van der Waals surface area (Å²) < 4.78 is 0. The van der Waals surface area contributed by atoms with Crippen molar-refractivity contribution in [2.45, 2.75) is 18.9 Å². The fraction of sp³-hybridized carbons (Fsp3) is 0.267. The predicted molar refractivity (Wildman–Crippen MR) is 70.1 cm³/mol. The summed E-state index contributed by atoms with van der Waals surface area (Å²) >= 11 is 0. The minimum Gasteiger partial charge on any atom is -0.367 e. The molecule has 1 aliphatic rings. The number of aryl methyl sites for hydroxylation is 1. The summed E-state index contributed by atoms with van der Waals surface area (Å²) in [5.41, 5.74) is 4.12. The minimum atomic E-state index is 0.457. The molecular formula is C15H16N2. The van der Waals surface area contributed by atoms with E-state index in [2.05, 4.69) is 47.3 Å². The van der Waals surface area contributed by atoms with Crippen LogP contribution >= 0.6 is 0 Å². The number of para-hydroxylation sites is 1. The molecule has 0 bridgehead atoms. The second-order valence-corrected chi connectivity index (χ2v) is 4.58. The van der Waals surface area contributed by atoms with Crippen molar-refractivity contribution in [3.8, 4) is 0 Å². The third-order valence-corrected chi connectivity index (χ3v) is 3.60. The maximum atomic E-state index is 4.22. The average Bonchev–Trinajstić information content (AvgIpc) is 2.40. The SMILES string of the molecule is CN1c2ccccc2CC[C@H]1c1cccnc1. The first-order chi connectivity index (χ1) is 8.36. The number of pyridine rings is 1. The Morgan fingerprint density at radius 1 is 1.18 bits per heavy atom. The van der Waals surface area contributed by atoms with Gasteiger partial charge in [-0.3, -0.25) is 4.98 Å². The van der Waals surface area contributed by atoms with Gasteiger partial charge in [0.1, 0.15) is 0 Å². The second kappa shape index (κ2) is 4.21. The number of anilines is 1. The van der Waals surface area contributed by atoms with Crippen molar-refractivity contribution >= 4 is 5.69 Å². The van der Waals surface area contributed by atoms with E-state index in [-0.39, 0.29) is 0 Å². The molecule has 0 fully saturated rings. The van der Waals surface area contributed by atoms with Gasteiger partial charge in [0.2, 0.25) is 0 Å². The Bertz CT molecular complexity index is 507. The Hall–Kier alpha value is -1.83. The van der Waals surface area contributed by atoms with Gasteiger partial charge in [0, 0.05) is 25.1 Å². The summed E-state index contributed by atoms with van der Waals surface area (Å²) in [7, 11) is 2.18. The second-order valence-electron chi connectivity index (χ2n) is 4.58. The van der Waals surface area contributed by atoms with Crippen molar-refractivity contribution < 1.29 is 0 Å². The first-order valence-corrected chi connectivity index (χ1v) is 6.07. The molecule has 0 saturated heterocycles. The van der Waals surface area contributed by atoms with Crippen LogP contribution in [-0.4, -0.2) is 12.0 Å². The first-order valence-electron chi connectivity index (χ1n) is 6.07. The van der Waals surface area contributed by atoms with E-state index in [1.165, 1.54) is 23.2 Å². The summed E-state index contributed by atoms with van der Waals surface area (Å²) in [6.45, 7) is 0. The van der Waals surface area contributed by atoms with Crippen molar-refractivity contribution in [1.29, 1.82) is 0 Å². The maximum Gasteiger partial charge on any atom is 0.0557 e. The lowest BCUT2D eigenvalue weighted by Gasteiger charge is -2.36. The molecule has 1 atom stereocenters. The van der Waals surface area contributed by atoms with E-state index in [1.54, 1.807) is 0 Å². The molecule has 3 rings (SSSR count). The van der Waals surface area contributed by atoms with Crippen LogP contribution in [0.2, 0.25) is 0 Å². The van der Waals surface area contributed by atoms with Gasteiger partial charge in [0.15, 0.2) is 0 Å². The quantitative estimate of drug-likeness (QED) is 0.739. The van der Waals surface area contributed by atoms with E-state index < -0.39 is 0 Å². The smallest absolute Gasteiger partial charge is 0.0557 e. The van der Waals surface area contributed by atoms with Crippen molar-refractivity contribution in [2.75, 3.05) is 11.9 Å². The molecule has 0 N–H and O–H groups in total. The van der Waals surface area contributed by atoms with Crippen LogP contribution in [0.5, 0.6) is 0 Å². The number of nitrogens with zero attached hydrogens (tertiary/aromatic N) is 2. The minimum absolute atomic E-state index is 0.457. The van der Waals surface area contributed by atoms with Gasteiger partial charge >= 0.3 is 0 Å². The lowest BCUT2D eigenvalue weighted by atomic mass is 9.93. The zero-order chi connectivity index (χ0) is 11.7. The van der Waals surface area contributed by atoms with Crippen LogP contribution in [-0.2, 0) is 6.42 Å². The van der Waals surface area contributed by atoms with E-state index in [0.717, 1.165) is 6.42 Å². The fourth-order valence-corrected chi connectivity index (χ4v) is 2.68. The van der Waals surface area contributed by atoms with Crippen LogP contribution in [0.4, 0.5) is 5.69 Å². The monoisotopic (exact) mass is 224 g/mol. The number of benzene rings is 1. The van der Waals surface area contributed by atoms with Gasteiger partial charge in [-0.1, -0.05) is 24.3 Å². The van der Waals surface area contributed by atoms with Gasteiger partial charge in [-0.15, -0.1) is 0 Å². The molecule has 0 amide bonds. The lowest BCUT2D eigenvalue weighted by molar-refractivity contribution is 0.582. The Balaban J connectivity index is 1.97. The van der Waals surface area contributed by atoms with Gasteiger partial charge in [0.25, 0.3) is 0 Å². The highest BCUT2D eigenvalue weighted by Crippen LogP contribution is 2.36. The number of hydrogen-bond acceptors (Lipinski definition) is 2. The molecular weight excluding hydrogens is 208 g/mol. The summed E-state index contributed by atoms with van der Waals surface area (Å²) in [5, 5.41) is 0. The molecule has 1 aromatic carbocycles. The van der Waals surface area contributed by atoms with Crippen LogP contribution < -0.4 is 4.90 Å².